The number of anilines is 1. The van der Waals surface area contributed by atoms with Crippen molar-refractivity contribution in [2.75, 3.05) is 11.1 Å². The summed E-state index contributed by atoms with van der Waals surface area (Å²) in [6, 6.07) is 5.48. The Labute approximate surface area is 151 Å². The van der Waals surface area contributed by atoms with E-state index in [1.54, 1.807) is 6.07 Å². The molecule has 0 aliphatic heterocycles. The Kier molecular flexibility index (Phi) is 5.79. The Morgan fingerprint density at radius 1 is 1.42 bits per heavy atom. The number of thioether (sulfide) groups is 1. The summed E-state index contributed by atoms with van der Waals surface area (Å²) in [4.78, 5) is 16.5. The van der Waals surface area contributed by atoms with Crippen LogP contribution in [0, 0.1) is 12.8 Å². The number of aromatic amines is 1. The maximum absolute atomic E-state index is 12.0. The van der Waals surface area contributed by atoms with Crippen molar-refractivity contribution in [3.63, 3.8) is 0 Å². The second-order valence-corrected chi connectivity index (χ2v) is 7.57. The normalized spacial score (nSPS) is 14.9. The lowest BCUT2D eigenvalue weighted by Crippen LogP contribution is -2.14. The van der Waals surface area contributed by atoms with Gasteiger partial charge in [-0.2, -0.15) is 0 Å². The standard InChI is InChI=1S/C17H21ClN4OS/c1-11-6-7-13(9-14(11)18)19-16(23)10-24-17-20-15(21-22-17)8-12-4-2-3-5-12/h6-7,9,12H,2-5,8,10H2,1H3,(H,19,23)(H,20,21,22). The second kappa shape index (κ2) is 8.03. The lowest BCUT2D eigenvalue weighted by molar-refractivity contribution is -0.113. The van der Waals surface area contributed by atoms with Gasteiger partial charge in [0.05, 0.1) is 5.75 Å². The molecule has 5 nitrogen and oxygen atoms in total. The molecule has 1 fully saturated rings. The first-order valence-corrected chi connectivity index (χ1v) is 9.56. The lowest BCUT2D eigenvalue weighted by atomic mass is 10.0. The number of H-pyrrole nitrogens is 1. The number of hydrogen-bond acceptors (Lipinski definition) is 4. The summed E-state index contributed by atoms with van der Waals surface area (Å²) in [5.74, 6) is 1.83. The highest BCUT2D eigenvalue weighted by atomic mass is 35.5. The number of rotatable bonds is 6. The molecule has 0 bridgehead atoms. The van der Waals surface area contributed by atoms with Gasteiger partial charge in [-0.25, -0.2) is 4.98 Å². The molecular weight excluding hydrogens is 344 g/mol. The lowest BCUT2D eigenvalue weighted by Gasteiger charge is -2.06. The number of halogens is 1. The number of carbonyl (C=O) groups excluding carboxylic acids is 1. The van der Waals surface area contributed by atoms with E-state index >= 15 is 0 Å². The predicted molar refractivity (Wildman–Crippen MR) is 97.6 cm³/mol. The fourth-order valence-electron chi connectivity index (χ4n) is 2.92. The zero-order valence-corrected chi connectivity index (χ0v) is 15.2. The van der Waals surface area contributed by atoms with Crippen LogP contribution in [0.1, 0.15) is 37.1 Å². The van der Waals surface area contributed by atoms with Crippen LogP contribution in [0.25, 0.3) is 0 Å². The van der Waals surface area contributed by atoms with Crippen LogP contribution in [-0.4, -0.2) is 26.8 Å². The van der Waals surface area contributed by atoms with Gasteiger partial charge in [0.2, 0.25) is 11.1 Å². The van der Waals surface area contributed by atoms with Crippen molar-refractivity contribution >= 4 is 35.0 Å². The SMILES string of the molecule is Cc1ccc(NC(=O)CSc2n[nH]c(CC3CCCC3)n2)cc1Cl. The van der Waals surface area contributed by atoms with Crippen LogP contribution < -0.4 is 5.32 Å². The average Bonchev–Trinajstić information content (AvgIpc) is 3.21. The Balaban J connectivity index is 1.47. The zero-order chi connectivity index (χ0) is 16.9. The first-order chi connectivity index (χ1) is 11.6. The van der Waals surface area contributed by atoms with Gasteiger partial charge < -0.3 is 5.32 Å². The van der Waals surface area contributed by atoms with Crippen LogP contribution in [0.15, 0.2) is 23.4 Å². The molecule has 1 aliphatic carbocycles. The molecule has 1 saturated carbocycles. The minimum absolute atomic E-state index is 0.0953. The molecule has 1 heterocycles. The number of benzene rings is 1. The summed E-state index contributed by atoms with van der Waals surface area (Å²) in [6.07, 6.45) is 6.17. The van der Waals surface area contributed by atoms with Gasteiger partial charge >= 0.3 is 0 Å². The third-order valence-electron chi connectivity index (χ3n) is 4.26. The molecule has 3 rings (SSSR count). The number of nitrogens with one attached hydrogen (secondary N) is 2. The molecule has 0 radical (unpaired) electrons. The highest BCUT2D eigenvalue weighted by Crippen LogP contribution is 2.27. The predicted octanol–water partition coefficient (Wildman–Crippen LogP) is 4.23. The summed E-state index contributed by atoms with van der Waals surface area (Å²) in [5.41, 5.74) is 1.69. The van der Waals surface area contributed by atoms with Gasteiger partial charge in [0.1, 0.15) is 5.82 Å². The fourth-order valence-corrected chi connectivity index (χ4v) is 3.72. The van der Waals surface area contributed by atoms with E-state index in [0.29, 0.717) is 15.9 Å². The molecule has 2 N–H and O–H groups in total. The quantitative estimate of drug-likeness (QED) is 0.752. The van der Waals surface area contributed by atoms with Gasteiger partial charge in [-0.05, 0) is 30.5 Å². The number of aromatic nitrogens is 3. The summed E-state index contributed by atoms with van der Waals surface area (Å²) < 4.78 is 0. The average molecular weight is 365 g/mol. The van der Waals surface area contributed by atoms with Gasteiger partial charge in [-0.1, -0.05) is 55.1 Å². The van der Waals surface area contributed by atoms with E-state index in [4.69, 9.17) is 11.6 Å². The third kappa shape index (κ3) is 4.74. The van der Waals surface area contributed by atoms with Crippen LogP contribution in [0.5, 0.6) is 0 Å². The molecule has 0 unspecified atom stereocenters. The van der Waals surface area contributed by atoms with Gasteiger partial charge in [-0.15, -0.1) is 5.10 Å². The Morgan fingerprint density at radius 3 is 2.96 bits per heavy atom. The molecule has 128 valence electrons. The maximum Gasteiger partial charge on any atom is 0.234 e. The van der Waals surface area contributed by atoms with Crippen LogP contribution in [-0.2, 0) is 11.2 Å². The van der Waals surface area contributed by atoms with Gasteiger partial charge in [-0.3, -0.25) is 9.89 Å². The van der Waals surface area contributed by atoms with Crippen LogP contribution in [0.3, 0.4) is 0 Å². The number of nitrogens with zero attached hydrogens (tertiary/aromatic N) is 2. The Bertz CT molecular complexity index is 712. The van der Waals surface area contributed by atoms with E-state index in [-0.39, 0.29) is 11.7 Å². The van der Waals surface area contributed by atoms with Crippen molar-refractivity contribution < 1.29 is 4.79 Å². The Hall–Kier alpha value is -1.53. The number of amides is 1. The van der Waals surface area contributed by atoms with E-state index in [0.717, 1.165) is 23.7 Å². The molecule has 1 aliphatic rings. The van der Waals surface area contributed by atoms with Crippen LogP contribution in [0.4, 0.5) is 5.69 Å². The van der Waals surface area contributed by atoms with Crippen molar-refractivity contribution in [1.82, 2.24) is 15.2 Å². The van der Waals surface area contributed by atoms with Crippen LogP contribution in [0.2, 0.25) is 5.02 Å². The number of aryl methyl sites for hydroxylation is 1. The maximum atomic E-state index is 12.0. The number of carbonyl (C=O) groups is 1. The van der Waals surface area contributed by atoms with Gasteiger partial charge in [0, 0.05) is 17.1 Å². The highest BCUT2D eigenvalue weighted by molar-refractivity contribution is 7.99. The summed E-state index contributed by atoms with van der Waals surface area (Å²) >= 11 is 7.40. The van der Waals surface area contributed by atoms with Crippen molar-refractivity contribution in [2.24, 2.45) is 5.92 Å². The molecule has 7 heteroatoms. The topological polar surface area (TPSA) is 70.7 Å². The molecular formula is C17H21ClN4OS. The summed E-state index contributed by atoms with van der Waals surface area (Å²) in [6.45, 7) is 1.93. The molecule has 0 spiro atoms. The van der Waals surface area contributed by atoms with E-state index in [2.05, 4.69) is 20.5 Å². The van der Waals surface area contributed by atoms with Crippen molar-refractivity contribution in [2.45, 2.75) is 44.2 Å². The second-order valence-electron chi connectivity index (χ2n) is 6.22. The van der Waals surface area contributed by atoms with Crippen molar-refractivity contribution in [3.8, 4) is 0 Å². The minimum atomic E-state index is -0.0953. The van der Waals surface area contributed by atoms with Gasteiger partial charge in [0.15, 0.2) is 0 Å². The van der Waals surface area contributed by atoms with E-state index in [9.17, 15) is 4.79 Å². The highest BCUT2D eigenvalue weighted by Gasteiger charge is 2.17. The monoisotopic (exact) mass is 364 g/mol. The van der Waals surface area contributed by atoms with Crippen molar-refractivity contribution in [3.05, 3.63) is 34.6 Å². The van der Waals surface area contributed by atoms with E-state index in [1.807, 2.05) is 19.1 Å². The number of hydrogen-bond donors (Lipinski definition) is 2. The third-order valence-corrected chi connectivity index (χ3v) is 5.51. The van der Waals surface area contributed by atoms with E-state index in [1.165, 1.54) is 37.4 Å². The van der Waals surface area contributed by atoms with Gasteiger partial charge in [0.25, 0.3) is 0 Å². The molecule has 0 saturated heterocycles. The molecule has 1 aromatic heterocycles. The first kappa shape index (κ1) is 17.3. The molecule has 1 amide bonds. The van der Waals surface area contributed by atoms with E-state index < -0.39 is 0 Å². The first-order valence-electron chi connectivity index (χ1n) is 8.20. The zero-order valence-electron chi connectivity index (χ0n) is 13.6. The minimum Gasteiger partial charge on any atom is -0.325 e. The molecule has 24 heavy (non-hydrogen) atoms. The smallest absolute Gasteiger partial charge is 0.234 e. The largest absolute Gasteiger partial charge is 0.325 e. The molecule has 2 aromatic rings. The summed E-state index contributed by atoms with van der Waals surface area (Å²) in [7, 11) is 0. The Morgan fingerprint density at radius 2 is 2.21 bits per heavy atom. The molecule has 0 atom stereocenters. The van der Waals surface area contributed by atoms with Crippen molar-refractivity contribution in [1.29, 1.82) is 0 Å². The summed E-state index contributed by atoms with van der Waals surface area (Å²) in [5, 5.41) is 11.3. The fraction of sp³-hybridized carbons (Fsp3) is 0.471. The molecule has 1 aromatic carbocycles. The van der Waals surface area contributed by atoms with Crippen LogP contribution >= 0.6 is 23.4 Å².